The third-order valence-corrected chi connectivity index (χ3v) is 4.47. The summed E-state index contributed by atoms with van der Waals surface area (Å²) >= 11 is 9.45. The lowest BCUT2D eigenvalue weighted by atomic mass is 10.1. The van der Waals surface area contributed by atoms with Gasteiger partial charge in [-0.1, -0.05) is 18.5 Å². The molecule has 0 fully saturated rings. The average molecular weight is 385 g/mol. The van der Waals surface area contributed by atoms with Crippen LogP contribution >= 0.6 is 27.5 Å². The van der Waals surface area contributed by atoms with Crippen LogP contribution in [-0.4, -0.2) is 34.1 Å². The maximum atomic E-state index is 11.6. The standard InChI is InChI=1S/C13H19BrClNO3S/c1-4-5-16-12(8-20(3,17)18)10-6-9(15)7-11(14)13(10)19-2/h6-7,12,16H,4-5,8H2,1-3H3. The normalized spacial score (nSPS) is 13.2. The highest BCUT2D eigenvalue weighted by Gasteiger charge is 2.22. The van der Waals surface area contributed by atoms with E-state index >= 15 is 0 Å². The van der Waals surface area contributed by atoms with Crippen molar-refractivity contribution in [3.63, 3.8) is 0 Å². The third kappa shape index (κ3) is 5.24. The molecule has 20 heavy (non-hydrogen) atoms. The van der Waals surface area contributed by atoms with Crippen molar-refractivity contribution in [2.45, 2.75) is 19.4 Å². The quantitative estimate of drug-likeness (QED) is 0.784. The molecule has 114 valence electrons. The molecule has 1 unspecified atom stereocenters. The van der Waals surface area contributed by atoms with E-state index in [2.05, 4.69) is 21.2 Å². The van der Waals surface area contributed by atoms with Crippen LogP contribution in [0.15, 0.2) is 16.6 Å². The fourth-order valence-corrected chi connectivity index (χ4v) is 3.83. The minimum atomic E-state index is -3.13. The Morgan fingerprint density at radius 1 is 1.45 bits per heavy atom. The number of methoxy groups -OCH3 is 1. The van der Waals surface area contributed by atoms with Crippen LogP contribution in [0.5, 0.6) is 5.75 Å². The van der Waals surface area contributed by atoms with Gasteiger partial charge >= 0.3 is 0 Å². The molecule has 0 heterocycles. The number of benzene rings is 1. The number of ether oxygens (including phenoxy) is 1. The van der Waals surface area contributed by atoms with E-state index < -0.39 is 9.84 Å². The van der Waals surface area contributed by atoms with E-state index in [-0.39, 0.29) is 11.8 Å². The van der Waals surface area contributed by atoms with Crippen LogP contribution in [0, 0.1) is 0 Å². The Hall–Kier alpha value is -0.300. The molecule has 0 aliphatic carbocycles. The minimum absolute atomic E-state index is 0.00383. The first-order chi connectivity index (χ1) is 9.28. The first-order valence-electron chi connectivity index (χ1n) is 6.22. The van der Waals surface area contributed by atoms with Crippen LogP contribution < -0.4 is 10.1 Å². The molecule has 0 spiro atoms. The number of nitrogens with one attached hydrogen (secondary N) is 1. The first-order valence-corrected chi connectivity index (χ1v) is 9.45. The smallest absolute Gasteiger partial charge is 0.149 e. The molecule has 0 saturated carbocycles. The fraction of sp³-hybridized carbons (Fsp3) is 0.538. The maximum absolute atomic E-state index is 11.6. The van der Waals surface area contributed by atoms with Gasteiger partial charge in [0.05, 0.1) is 17.3 Å². The molecule has 1 aromatic rings. The molecule has 0 aromatic heterocycles. The van der Waals surface area contributed by atoms with Gasteiger partial charge in [0.1, 0.15) is 15.6 Å². The van der Waals surface area contributed by atoms with Crippen molar-refractivity contribution >= 4 is 37.4 Å². The van der Waals surface area contributed by atoms with E-state index in [0.29, 0.717) is 21.8 Å². The second kappa shape index (κ2) is 7.64. The molecule has 7 heteroatoms. The minimum Gasteiger partial charge on any atom is -0.495 e. The molecule has 1 aromatic carbocycles. The van der Waals surface area contributed by atoms with Gasteiger partial charge in [0.25, 0.3) is 0 Å². The number of hydrogen-bond acceptors (Lipinski definition) is 4. The Kier molecular flexibility index (Phi) is 6.78. The van der Waals surface area contributed by atoms with Gasteiger partial charge in [0, 0.05) is 22.9 Å². The molecule has 0 aliphatic rings. The van der Waals surface area contributed by atoms with Crippen molar-refractivity contribution < 1.29 is 13.2 Å². The molecule has 0 aliphatic heterocycles. The molecular weight excluding hydrogens is 366 g/mol. The van der Waals surface area contributed by atoms with Crippen molar-refractivity contribution in [1.82, 2.24) is 5.32 Å². The predicted molar refractivity (Wildman–Crippen MR) is 86.4 cm³/mol. The van der Waals surface area contributed by atoms with Gasteiger partial charge in [-0.3, -0.25) is 0 Å². The monoisotopic (exact) mass is 383 g/mol. The summed E-state index contributed by atoms with van der Waals surface area (Å²) in [6.45, 7) is 2.74. The highest BCUT2D eigenvalue weighted by Crippen LogP contribution is 2.36. The number of rotatable bonds is 7. The van der Waals surface area contributed by atoms with Gasteiger partial charge in [-0.25, -0.2) is 8.42 Å². The molecule has 0 radical (unpaired) electrons. The zero-order chi connectivity index (χ0) is 15.3. The Labute approximate surface area is 133 Å². The maximum Gasteiger partial charge on any atom is 0.149 e. The van der Waals surface area contributed by atoms with Crippen LogP contribution in [-0.2, 0) is 9.84 Å². The topological polar surface area (TPSA) is 55.4 Å². The number of sulfone groups is 1. The van der Waals surface area contributed by atoms with Crippen LogP contribution in [0.25, 0.3) is 0 Å². The van der Waals surface area contributed by atoms with Crippen LogP contribution in [0.4, 0.5) is 0 Å². The highest BCUT2D eigenvalue weighted by molar-refractivity contribution is 9.10. The predicted octanol–water partition coefficient (Wildman–Crippen LogP) is 3.20. The lowest BCUT2D eigenvalue weighted by Gasteiger charge is -2.21. The second-order valence-electron chi connectivity index (χ2n) is 4.61. The first kappa shape index (κ1) is 17.8. The summed E-state index contributed by atoms with van der Waals surface area (Å²) in [6, 6.07) is 3.11. The van der Waals surface area contributed by atoms with E-state index in [4.69, 9.17) is 16.3 Å². The number of hydrogen-bond donors (Lipinski definition) is 1. The molecule has 1 N–H and O–H groups in total. The molecule has 1 atom stereocenters. The zero-order valence-corrected chi connectivity index (χ0v) is 14.9. The third-order valence-electron chi connectivity index (χ3n) is 2.73. The molecule has 1 rings (SSSR count). The summed E-state index contributed by atoms with van der Waals surface area (Å²) in [5.74, 6) is 0.600. The molecule has 0 amide bonds. The highest BCUT2D eigenvalue weighted by atomic mass is 79.9. The van der Waals surface area contributed by atoms with Crippen molar-refractivity contribution in [3.05, 3.63) is 27.2 Å². The van der Waals surface area contributed by atoms with Gasteiger partial charge in [-0.05, 0) is 41.0 Å². The SMILES string of the molecule is CCCNC(CS(C)(=O)=O)c1cc(Cl)cc(Br)c1OC. The van der Waals surface area contributed by atoms with E-state index in [1.54, 1.807) is 19.2 Å². The van der Waals surface area contributed by atoms with E-state index in [1.165, 1.54) is 6.26 Å². The summed E-state index contributed by atoms with van der Waals surface area (Å²) in [5.41, 5.74) is 0.741. The molecule has 4 nitrogen and oxygen atoms in total. The van der Waals surface area contributed by atoms with Crippen molar-refractivity contribution in [1.29, 1.82) is 0 Å². The van der Waals surface area contributed by atoms with E-state index in [9.17, 15) is 8.42 Å². The van der Waals surface area contributed by atoms with Gasteiger partial charge in [0.2, 0.25) is 0 Å². The second-order valence-corrected chi connectivity index (χ2v) is 8.08. The van der Waals surface area contributed by atoms with Crippen molar-refractivity contribution in [2.75, 3.05) is 25.7 Å². The van der Waals surface area contributed by atoms with Gasteiger partial charge in [-0.15, -0.1) is 0 Å². The Morgan fingerprint density at radius 2 is 2.10 bits per heavy atom. The zero-order valence-electron chi connectivity index (χ0n) is 11.7. The van der Waals surface area contributed by atoms with Crippen LogP contribution in [0.2, 0.25) is 5.02 Å². The van der Waals surface area contributed by atoms with Crippen molar-refractivity contribution in [2.24, 2.45) is 0 Å². The van der Waals surface area contributed by atoms with Crippen LogP contribution in [0.1, 0.15) is 24.9 Å². The molecular formula is C13H19BrClNO3S. The Balaban J connectivity index is 3.24. The number of halogens is 2. The van der Waals surface area contributed by atoms with Gasteiger partial charge < -0.3 is 10.1 Å². The summed E-state index contributed by atoms with van der Waals surface area (Å²) < 4.78 is 29.3. The van der Waals surface area contributed by atoms with Gasteiger partial charge in [0.15, 0.2) is 0 Å². The summed E-state index contributed by atoms with van der Waals surface area (Å²) in [5, 5.41) is 3.76. The van der Waals surface area contributed by atoms with Crippen LogP contribution in [0.3, 0.4) is 0 Å². The largest absolute Gasteiger partial charge is 0.495 e. The Morgan fingerprint density at radius 3 is 2.60 bits per heavy atom. The fourth-order valence-electron chi connectivity index (χ4n) is 1.93. The Bertz CT molecular complexity index is 563. The van der Waals surface area contributed by atoms with Gasteiger partial charge in [-0.2, -0.15) is 0 Å². The summed E-state index contributed by atoms with van der Waals surface area (Å²) in [4.78, 5) is 0. The summed E-state index contributed by atoms with van der Waals surface area (Å²) in [6.07, 6.45) is 2.13. The lowest BCUT2D eigenvalue weighted by Crippen LogP contribution is -2.29. The lowest BCUT2D eigenvalue weighted by molar-refractivity contribution is 0.399. The van der Waals surface area contributed by atoms with E-state index in [1.807, 2.05) is 6.92 Å². The molecule has 0 saturated heterocycles. The summed E-state index contributed by atoms with van der Waals surface area (Å²) in [7, 11) is -1.58. The molecule has 0 bridgehead atoms. The van der Waals surface area contributed by atoms with E-state index in [0.717, 1.165) is 12.0 Å². The van der Waals surface area contributed by atoms with Crippen molar-refractivity contribution in [3.8, 4) is 5.75 Å². The average Bonchev–Trinajstić information content (AvgIpc) is 2.32.